The van der Waals surface area contributed by atoms with Gasteiger partial charge in [-0.15, -0.1) is 6.58 Å². The fourth-order valence-corrected chi connectivity index (χ4v) is 12.9. The van der Waals surface area contributed by atoms with Crippen LogP contribution in [0.15, 0.2) is 67.3 Å². The lowest BCUT2D eigenvalue weighted by atomic mass is 9.32. The summed E-state index contributed by atoms with van der Waals surface area (Å²) < 4.78 is 0. The minimum absolute atomic E-state index is 0. The molecule has 3 heteroatoms. The number of aldehydes is 1. The van der Waals surface area contributed by atoms with E-state index in [1.54, 1.807) is 12.1 Å². The number of rotatable bonds is 4. The van der Waals surface area contributed by atoms with Gasteiger partial charge in [0.1, 0.15) is 0 Å². The maximum Gasteiger partial charge on any atom is 0.335 e. The Morgan fingerprint density at radius 2 is 1.60 bits per heavy atom. The summed E-state index contributed by atoms with van der Waals surface area (Å²) in [7, 11) is 0. The van der Waals surface area contributed by atoms with Crippen LogP contribution in [0.5, 0.6) is 0 Å². The number of hydrogen-bond donors (Lipinski definition) is 1. The molecule has 9 atom stereocenters. The quantitative estimate of drug-likeness (QED) is 0.205. The Hall–Kier alpha value is -3.38. The summed E-state index contributed by atoms with van der Waals surface area (Å²) in [6.07, 6.45) is 16.5. The van der Waals surface area contributed by atoms with Crippen molar-refractivity contribution < 1.29 is 14.7 Å². The molecule has 2 aromatic carbocycles. The van der Waals surface area contributed by atoms with Crippen molar-refractivity contribution in [3.8, 4) is 11.8 Å². The first-order valence-electron chi connectivity index (χ1n) is 18.1. The van der Waals surface area contributed by atoms with E-state index in [4.69, 9.17) is 0 Å². The lowest BCUT2D eigenvalue weighted by Crippen LogP contribution is -2.65. The lowest BCUT2D eigenvalue weighted by molar-refractivity contribution is -0.220. The molecule has 0 spiro atoms. The Kier molecular flexibility index (Phi) is 8.54. The molecule has 2 aromatic rings. The molecule has 0 aliphatic heterocycles. The Labute approximate surface area is 289 Å². The Bertz CT molecular complexity index is 1700. The fourth-order valence-electron chi connectivity index (χ4n) is 12.9. The monoisotopic (exact) mass is 644 g/mol. The van der Waals surface area contributed by atoms with Gasteiger partial charge in [0.05, 0.1) is 5.56 Å². The summed E-state index contributed by atoms with van der Waals surface area (Å²) in [6.45, 7) is 17.2. The van der Waals surface area contributed by atoms with Crippen molar-refractivity contribution in [2.45, 2.75) is 99.8 Å². The molecule has 5 aliphatic rings. The van der Waals surface area contributed by atoms with Gasteiger partial charge in [0, 0.05) is 16.5 Å². The van der Waals surface area contributed by atoms with Crippen LogP contribution in [-0.4, -0.2) is 17.4 Å². The molecule has 4 saturated carbocycles. The summed E-state index contributed by atoms with van der Waals surface area (Å²) in [5, 5.41) is 9.46. The molecule has 5 aliphatic carbocycles. The SMILES string of the molecule is C.C=C[C@@H]1CCC2(C#Cc3ccccc3C=O)CC[C@]3(C)C(CCC4C5(C)CC=C(c6ccc(C(=O)O)cc6)C(C)(C)C5CCC43C)C12. The second kappa shape index (κ2) is 11.9. The molecule has 0 aromatic heterocycles. The zero-order valence-corrected chi connectivity index (χ0v) is 29.1. The standard InChI is InChI=1S/C44H52O3.CH4/c1-7-29-18-24-44(25-19-30-10-8-9-11-33(30)28-45)27-26-42(5)35(38(29)44)16-17-37-41(4)22-20-34(31-12-14-32(15-13-31)39(46)47)40(2,3)36(41)21-23-43(37,42)6;/h7-15,20,28-29,35-38H,1,16-18,21-24,26-27H2,2-6H3,(H,46,47);1H4/t29-,35?,36?,37?,38?,41?,42-,43?,44?;/m1./s1. The maximum absolute atomic E-state index is 11.8. The van der Waals surface area contributed by atoms with Gasteiger partial charge in [-0.25, -0.2) is 4.79 Å². The summed E-state index contributed by atoms with van der Waals surface area (Å²) in [6, 6.07) is 15.3. The first-order chi connectivity index (χ1) is 22.3. The molecular weight excluding hydrogens is 588 g/mol. The molecule has 0 saturated heterocycles. The number of carboxylic acid groups (broad SMARTS) is 1. The number of allylic oxidation sites excluding steroid dienone is 3. The second-order valence-corrected chi connectivity index (χ2v) is 17.2. The highest BCUT2D eigenvalue weighted by molar-refractivity contribution is 5.88. The van der Waals surface area contributed by atoms with E-state index in [1.165, 1.54) is 49.7 Å². The average molecular weight is 645 g/mol. The number of benzene rings is 2. The third kappa shape index (κ3) is 4.75. The van der Waals surface area contributed by atoms with Crippen molar-refractivity contribution >= 4 is 17.8 Å². The van der Waals surface area contributed by atoms with Gasteiger partial charge >= 0.3 is 5.97 Å². The minimum Gasteiger partial charge on any atom is -0.478 e. The third-order valence-electron chi connectivity index (χ3n) is 15.3. The highest BCUT2D eigenvalue weighted by Gasteiger charge is 2.70. The smallest absolute Gasteiger partial charge is 0.335 e. The summed E-state index contributed by atoms with van der Waals surface area (Å²) in [4.78, 5) is 23.3. The number of carboxylic acids is 1. The van der Waals surface area contributed by atoms with Gasteiger partial charge in [-0.05, 0) is 138 Å². The highest BCUT2D eigenvalue weighted by Crippen LogP contribution is 2.77. The van der Waals surface area contributed by atoms with Gasteiger partial charge in [0.15, 0.2) is 6.29 Å². The Morgan fingerprint density at radius 3 is 2.29 bits per heavy atom. The lowest BCUT2D eigenvalue weighted by Gasteiger charge is -2.72. The van der Waals surface area contributed by atoms with Crippen molar-refractivity contribution in [1.29, 1.82) is 0 Å². The topological polar surface area (TPSA) is 54.4 Å². The van der Waals surface area contributed by atoms with Gasteiger partial charge in [0.2, 0.25) is 0 Å². The molecule has 0 heterocycles. The summed E-state index contributed by atoms with van der Waals surface area (Å²) in [5.74, 6) is 9.41. The van der Waals surface area contributed by atoms with E-state index in [0.29, 0.717) is 40.7 Å². The van der Waals surface area contributed by atoms with Crippen molar-refractivity contribution in [3.05, 3.63) is 89.5 Å². The van der Waals surface area contributed by atoms with Crippen molar-refractivity contribution in [3.63, 3.8) is 0 Å². The molecule has 0 bridgehead atoms. The van der Waals surface area contributed by atoms with Crippen LogP contribution in [0.25, 0.3) is 5.57 Å². The molecule has 4 fully saturated rings. The number of fused-ring (bicyclic) bond motifs is 7. The van der Waals surface area contributed by atoms with E-state index >= 15 is 0 Å². The van der Waals surface area contributed by atoms with E-state index < -0.39 is 5.97 Å². The number of carbonyl (C=O) groups is 2. The van der Waals surface area contributed by atoms with Crippen LogP contribution in [0.4, 0.5) is 0 Å². The van der Waals surface area contributed by atoms with Crippen LogP contribution >= 0.6 is 0 Å². The zero-order chi connectivity index (χ0) is 33.4. The predicted octanol–water partition coefficient (Wildman–Crippen LogP) is 11.1. The van der Waals surface area contributed by atoms with Gasteiger partial charge < -0.3 is 5.11 Å². The van der Waals surface area contributed by atoms with E-state index in [0.717, 1.165) is 31.1 Å². The van der Waals surface area contributed by atoms with Crippen molar-refractivity contribution in [2.75, 3.05) is 0 Å². The molecule has 3 nitrogen and oxygen atoms in total. The van der Waals surface area contributed by atoms with Crippen LogP contribution in [0.3, 0.4) is 0 Å². The predicted molar refractivity (Wildman–Crippen MR) is 197 cm³/mol. The number of aromatic carboxylic acids is 1. The molecule has 7 rings (SSSR count). The van der Waals surface area contributed by atoms with Crippen LogP contribution in [-0.2, 0) is 0 Å². The molecule has 7 unspecified atom stereocenters. The van der Waals surface area contributed by atoms with Crippen LogP contribution in [0, 0.1) is 68.5 Å². The van der Waals surface area contributed by atoms with Crippen LogP contribution < -0.4 is 0 Å². The molecule has 48 heavy (non-hydrogen) atoms. The molecule has 0 amide bonds. The van der Waals surface area contributed by atoms with Gasteiger partial charge in [-0.2, -0.15) is 0 Å². The fraction of sp³-hybridized carbons (Fsp3) is 0.556. The largest absolute Gasteiger partial charge is 0.478 e. The normalized spacial score (nSPS) is 39.0. The van der Waals surface area contributed by atoms with Gasteiger partial charge in [-0.3, -0.25) is 4.79 Å². The summed E-state index contributed by atoms with van der Waals surface area (Å²) >= 11 is 0. The van der Waals surface area contributed by atoms with Crippen molar-refractivity contribution in [1.82, 2.24) is 0 Å². The molecular formula is C45H56O3. The first kappa shape index (κ1) is 34.5. The van der Waals surface area contributed by atoms with Crippen LogP contribution in [0.2, 0.25) is 0 Å². The minimum atomic E-state index is -0.871. The average Bonchev–Trinajstić information content (AvgIpc) is 3.43. The van der Waals surface area contributed by atoms with E-state index in [2.05, 4.69) is 65.2 Å². The van der Waals surface area contributed by atoms with Gasteiger partial charge in [-0.1, -0.05) is 96.4 Å². The molecule has 0 radical (unpaired) electrons. The number of hydrogen-bond acceptors (Lipinski definition) is 2. The Morgan fingerprint density at radius 1 is 0.875 bits per heavy atom. The van der Waals surface area contributed by atoms with Gasteiger partial charge in [0.25, 0.3) is 0 Å². The summed E-state index contributed by atoms with van der Waals surface area (Å²) in [5.41, 5.74) is 5.16. The third-order valence-corrected chi connectivity index (χ3v) is 15.3. The second-order valence-electron chi connectivity index (χ2n) is 17.2. The van der Waals surface area contributed by atoms with E-state index in [1.807, 2.05) is 36.4 Å². The van der Waals surface area contributed by atoms with E-state index in [9.17, 15) is 14.7 Å². The molecule has 254 valence electrons. The van der Waals surface area contributed by atoms with E-state index in [-0.39, 0.29) is 34.5 Å². The maximum atomic E-state index is 11.8. The van der Waals surface area contributed by atoms with Crippen LogP contribution in [0.1, 0.15) is 132 Å². The first-order valence-corrected chi connectivity index (χ1v) is 18.1. The highest BCUT2D eigenvalue weighted by atomic mass is 16.4. The number of carbonyl (C=O) groups excluding carboxylic acids is 1. The zero-order valence-electron chi connectivity index (χ0n) is 29.1. The Balaban J connectivity index is 0.00000401. The van der Waals surface area contributed by atoms with Crippen molar-refractivity contribution in [2.24, 2.45) is 56.7 Å². The molecule has 1 N–H and O–H groups in total.